The number of amides is 1. The average molecular weight is 279 g/mol. The lowest BCUT2D eigenvalue weighted by Gasteiger charge is -2.22. The van der Waals surface area contributed by atoms with Crippen LogP contribution in [0.25, 0.3) is 0 Å². The molecular weight excluding hydrogens is 262 g/mol. The van der Waals surface area contributed by atoms with Crippen LogP contribution in [0.4, 0.5) is 0 Å². The predicted molar refractivity (Wildman–Crippen MR) is 75.6 cm³/mol. The molecule has 5 heteroatoms. The quantitative estimate of drug-likeness (QED) is 0.884. The van der Waals surface area contributed by atoms with Crippen molar-refractivity contribution in [3.05, 3.63) is 35.4 Å². The van der Waals surface area contributed by atoms with Gasteiger partial charge in [0.1, 0.15) is 0 Å². The van der Waals surface area contributed by atoms with Crippen LogP contribution in [-0.4, -0.2) is 34.5 Å². The Morgan fingerprint density at radius 3 is 2.63 bits per heavy atom. The number of carbonyl (C=O) groups is 2. The van der Waals surface area contributed by atoms with Crippen LogP contribution in [0, 0.1) is 0 Å². The molecule has 2 rings (SSSR count). The second-order valence-electron chi connectivity index (χ2n) is 4.59. The third kappa shape index (κ3) is 3.99. The molecule has 0 aromatic heterocycles. The minimum absolute atomic E-state index is 0.0920. The summed E-state index contributed by atoms with van der Waals surface area (Å²) in [5.41, 5.74) is 0.773. The van der Waals surface area contributed by atoms with Crippen LogP contribution in [0.5, 0.6) is 0 Å². The molecule has 0 saturated carbocycles. The first-order valence-electron chi connectivity index (χ1n) is 6.35. The Kier molecular flexibility index (Phi) is 4.85. The van der Waals surface area contributed by atoms with Gasteiger partial charge in [-0.1, -0.05) is 18.2 Å². The van der Waals surface area contributed by atoms with Crippen molar-refractivity contribution in [2.45, 2.75) is 25.3 Å². The van der Waals surface area contributed by atoms with Gasteiger partial charge in [0.05, 0.1) is 12.0 Å². The summed E-state index contributed by atoms with van der Waals surface area (Å²) in [6, 6.07) is 6.89. The Morgan fingerprint density at radius 2 is 1.95 bits per heavy atom. The topological polar surface area (TPSA) is 66.4 Å². The van der Waals surface area contributed by atoms with Crippen molar-refractivity contribution < 1.29 is 14.7 Å². The van der Waals surface area contributed by atoms with Crippen LogP contribution in [0.3, 0.4) is 0 Å². The zero-order chi connectivity index (χ0) is 13.7. The van der Waals surface area contributed by atoms with Crippen molar-refractivity contribution in [2.75, 3.05) is 11.5 Å². The number of carboxylic acids is 1. The number of aromatic carboxylic acids is 1. The summed E-state index contributed by atoms with van der Waals surface area (Å²) < 4.78 is 0. The highest BCUT2D eigenvalue weighted by molar-refractivity contribution is 7.99. The lowest BCUT2D eigenvalue weighted by atomic mass is 10.0. The highest BCUT2D eigenvalue weighted by Crippen LogP contribution is 2.17. The van der Waals surface area contributed by atoms with Crippen LogP contribution < -0.4 is 5.32 Å². The van der Waals surface area contributed by atoms with E-state index in [1.54, 1.807) is 18.2 Å². The Balaban J connectivity index is 1.96. The molecule has 1 aromatic carbocycles. The number of benzene rings is 1. The van der Waals surface area contributed by atoms with Gasteiger partial charge in [-0.2, -0.15) is 11.8 Å². The minimum atomic E-state index is -0.988. The number of nitrogens with one attached hydrogen (secondary N) is 1. The maximum Gasteiger partial charge on any atom is 0.335 e. The van der Waals surface area contributed by atoms with Crippen LogP contribution in [0.2, 0.25) is 0 Å². The van der Waals surface area contributed by atoms with E-state index in [1.165, 1.54) is 6.07 Å². The van der Waals surface area contributed by atoms with Gasteiger partial charge >= 0.3 is 5.97 Å². The zero-order valence-electron chi connectivity index (χ0n) is 10.6. The van der Waals surface area contributed by atoms with Crippen molar-refractivity contribution in [2.24, 2.45) is 0 Å². The largest absolute Gasteiger partial charge is 0.478 e. The molecule has 1 saturated heterocycles. The Labute approximate surface area is 116 Å². The summed E-state index contributed by atoms with van der Waals surface area (Å²) in [6.45, 7) is 0. The van der Waals surface area contributed by atoms with Crippen LogP contribution in [-0.2, 0) is 11.2 Å². The summed E-state index contributed by atoms with van der Waals surface area (Å²) in [5.74, 6) is 1.08. The molecule has 0 radical (unpaired) electrons. The summed E-state index contributed by atoms with van der Waals surface area (Å²) in [5, 5.41) is 12.1. The van der Waals surface area contributed by atoms with E-state index < -0.39 is 5.97 Å². The number of rotatable bonds is 4. The van der Waals surface area contributed by atoms with Gasteiger partial charge in [0, 0.05) is 6.04 Å². The van der Waals surface area contributed by atoms with Gasteiger partial charge in [-0.05, 0) is 36.0 Å². The summed E-state index contributed by atoms with van der Waals surface area (Å²) in [6.07, 6.45) is 2.13. The SMILES string of the molecule is O=C(Cc1ccccc1C(=O)O)NC1CCSCC1. The van der Waals surface area contributed by atoms with E-state index in [1.807, 2.05) is 11.8 Å². The molecule has 1 aromatic rings. The van der Waals surface area contributed by atoms with Crippen molar-refractivity contribution >= 4 is 23.6 Å². The molecule has 1 heterocycles. The fourth-order valence-electron chi connectivity index (χ4n) is 2.18. The third-order valence-electron chi connectivity index (χ3n) is 3.19. The number of hydrogen-bond donors (Lipinski definition) is 2. The van der Waals surface area contributed by atoms with E-state index in [-0.39, 0.29) is 23.9 Å². The summed E-state index contributed by atoms with van der Waals surface area (Å²) in [7, 11) is 0. The van der Waals surface area contributed by atoms with Crippen molar-refractivity contribution in [3.8, 4) is 0 Å². The molecule has 0 aliphatic carbocycles. The Hall–Kier alpha value is -1.49. The first-order chi connectivity index (χ1) is 9.16. The maximum atomic E-state index is 11.9. The molecule has 0 atom stereocenters. The predicted octanol–water partition coefficient (Wildman–Crippen LogP) is 1.94. The van der Waals surface area contributed by atoms with Gasteiger partial charge in [-0.15, -0.1) is 0 Å². The lowest BCUT2D eigenvalue weighted by Crippen LogP contribution is -2.38. The molecule has 102 valence electrons. The van der Waals surface area contributed by atoms with Crippen LogP contribution >= 0.6 is 11.8 Å². The monoisotopic (exact) mass is 279 g/mol. The minimum Gasteiger partial charge on any atom is -0.478 e. The summed E-state index contributed by atoms with van der Waals surface area (Å²) in [4.78, 5) is 23.0. The normalized spacial score (nSPS) is 16.0. The number of thioether (sulfide) groups is 1. The highest BCUT2D eigenvalue weighted by atomic mass is 32.2. The fourth-order valence-corrected chi connectivity index (χ4v) is 3.28. The number of carboxylic acid groups (broad SMARTS) is 1. The van der Waals surface area contributed by atoms with Gasteiger partial charge in [-0.25, -0.2) is 4.79 Å². The average Bonchev–Trinajstić information content (AvgIpc) is 2.40. The molecule has 0 spiro atoms. The molecule has 19 heavy (non-hydrogen) atoms. The van der Waals surface area contributed by atoms with Gasteiger partial charge < -0.3 is 10.4 Å². The van der Waals surface area contributed by atoms with E-state index in [0.717, 1.165) is 24.3 Å². The highest BCUT2D eigenvalue weighted by Gasteiger charge is 2.17. The van der Waals surface area contributed by atoms with Gasteiger partial charge in [0.2, 0.25) is 5.91 Å². The molecule has 0 bridgehead atoms. The fraction of sp³-hybridized carbons (Fsp3) is 0.429. The second-order valence-corrected chi connectivity index (χ2v) is 5.82. The van der Waals surface area contributed by atoms with Gasteiger partial charge in [0.15, 0.2) is 0 Å². The molecule has 4 nitrogen and oxygen atoms in total. The number of hydrogen-bond acceptors (Lipinski definition) is 3. The molecule has 1 aliphatic heterocycles. The van der Waals surface area contributed by atoms with Crippen molar-refractivity contribution in [1.82, 2.24) is 5.32 Å². The molecule has 2 N–H and O–H groups in total. The van der Waals surface area contributed by atoms with E-state index in [9.17, 15) is 9.59 Å². The van der Waals surface area contributed by atoms with E-state index in [4.69, 9.17) is 5.11 Å². The molecular formula is C14H17NO3S. The van der Waals surface area contributed by atoms with Crippen LogP contribution in [0.1, 0.15) is 28.8 Å². The molecule has 1 fully saturated rings. The second kappa shape index (κ2) is 6.61. The molecule has 0 unspecified atom stereocenters. The smallest absolute Gasteiger partial charge is 0.335 e. The van der Waals surface area contributed by atoms with Crippen molar-refractivity contribution in [3.63, 3.8) is 0 Å². The van der Waals surface area contributed by atoms with Crippen molar-refractivity contribution in [1.29, 1.82) is 0 Å². The Morgan fingerprint density at radius 1 is 1.26 bits per heavy atom. The molecule has 1 aliphatic rings. The standard InChI is InChI=1S/C14H17NO3S/c16-13(15-11-5-7-19-8-6-11)9-10-3-1-2-4-12(10)14(17)18/h1-4,11H,5-9H2,(H,15,16)(H,17,18). The van der Waals surface area contributed by atoms with Gasteiger partial charge in [-0.3, -0.25) is 4.79 Å². The van der Waals surface area contributed by atoms with E-state index in [0.29, 0.717) is 5.56 Å². The third-order valence-corrected chi connectivity index (χ3v) is 4.23. The Bertz CT molecular complexity index is 470. The van der Waals surface area contributed by atoms with E-state index in [2.05, 4.69) is 5.32 Å². The summed E-state index contributed by atoms with van der Waals surface area (Å²) >= 11 is 1.91. The first-order valence-corrected chi connectivity index (χ1v) is 7.50. The lowest BCUT2D eigenvalue weighted by molar-refractivity contribution is -0.121. The van der Waals surface area contributed by atoms with Gasteiger partial charge in [0.25, 0.3) is 0 Å². The van der Waals surface area contributed by atoms with E-state index >= 15 is 0 Å². The maximum absolute atomic E-state index is 11.9. The number of carbonyl (C=O) groups excluding carboxylic acids is 1. The first kappa shape index (κ1) is 13.9. The molecule has 1 amide bonds. The van der Waals surface area contributed by atoms with Crippen LogP contribution in [0.15, 0.2) is 24.3 Å². The zero-order valence-corrected chi connectivity index (χ0v) is 11.4.